The van der Waals surface area contributed by atoms with Gasteiger partial charge in [0.25, 0.3) is 0 Å². The molecule has 0 atom stereocenters. The highest BCUT2D eigenvalue weighted by molar-refractivity contribution is 5.77. The van der Waals surface area contributed by atoms with Crippen molar-refractivity contribution in [3.05, 3.63) is 0 Å². The van der Waals surface area contributed by atoms with Gasteiger partial charge in [0.05, 0.1) is 0 Å². The summed E-state index contributed by atoms with van der Waals surface area (Å²) in [5.41, 5.74) is 0. The molecule has 0 saturated carbocycles. The second kappa shape index (κ2) is 7.63. The van der Waals surface area contributed by atoms with Crippen molar-refractivity contribution in [2.45, 2.75) is 39.2 Å². The van der Waals surface area contributed by atoms with Crippen molar-refractivity contribution in [1.29, 1.82) is 0 Å². The summed E-state index contributed by atoms with van der Waals surface area (Å²) >= 11 is 0. The SMILES string of the molecule is CC(C)NCCCOCC(=O)N1CCCC1. The number of carbonyl (C=O) groups excluding carboxylic acids is 1. The molecular formula is C12H24N2O2. The predicted molar refractivity (Wildman–Crippen MR) is 64.4 cm³/mol. The molecule has 0 aromatic rings. The van der Waals surface area contributed by atoms with Gasteiger partial charge < -0.3 is 15.0 Å². The minimum absolute atomic E-state index is 0.148. The largest absolute Gasteiger partial charge is 0.372 e. The van der Waals surface area contributed by atoms with Crippen molar-refractivity contribution in [3.8, 4) is 0 Å². The van der Waals surface area contributed by atoms with Crippen LogP contribution in [-0.4, -0.2) is 49.7 Å². The maximum atomic E-state index is 11.6. The summed E-state index contributed by atoms with van der Waals surface area (Å²) in [5.74, 6) is 0.148. The van der Waals surface area contributed by atoms with Crippen LogP contribution in [0.2, 0.25) is 0 Å². The van der Waals surface area contributed by atoms with Crippen LogP contribution in [0, 0.1) is 0 Å². The molecule has 16 heavy (non-hydrogen) atoms. The Morgan fingerprint density at radius 1 is 1.38 bits per heavy atom. The van der Waals surface area contributed by atoms with Crippen molar-refractivity contribution >= 4 is 5.91 Å². The number of hydrogen-bond donors (Lipinski definition) is 1. The van der Waals surface area contributed by atoms with Crippen LogP contribution < -0.4 is 5.32 Å². The van der Waals surface area contributed by atoms with Crippen LogP contribution in [-0.2, 0) is 9.53 Å². The fraction of sp³-hybridized carbons (Fsp3) is 0.917. The zero-order valence-corrected chi connectivity index (χ0v) is 10.5. The fourth-order valence-electron chi connectivity index (χ4n) is 1.78. The van der Waals surface area contributed by atoms with Gasteiger partial charge in [-0.3, -0.25) is 4.79 Å². The highest BCUT2D eigenvalue weighted by Crippen LogP contribution is 2.07. The molecule has 1 fully saturated rings. The number of rotatable bonds is 7. The lowest BCUT2D eigenvalue weighted by molar-refractivity contribution is -0.135. The number of amides is 1. The molecule has 1 N–H and O–H groups in total. The van der Waals surface area contributed by atoms with E-state index in [4.69, 9.17) is 4.74 Å². The Bertz CT molecular complexity index is 201. The third-order valence-corrected chi connectivity index (χ3v) is 2.70. The fourth-order valence-corrected chi connectivity index (χ4v) is 1.78. The van der Waals surface area contributed by atoms with E-state index in [2.05, 4.69) is 19.2 Å². The van der Waals surface area contributed by atoms with Gasteiger partial charge in [-0.05, 0) is 25.8 Å². The van der Waals surface area contributed by atoms with Gasteiger partial charge in [-0.1, -0.05) is 13.8 Å². The first-order valence-electron chi connectivity index (χ1n) is 6.29. The summed E-state index contributed by atoms with van der Waals surface area (Å²) in [5, 5.41) is 3.31. The van der Waals surface area contributed by atoms with E-state index in [1.54, 1.807) is 0 Å². The van der Waals surface area contributed by atoms with Gasteiger partial charge in [-0.2, -0.15) is 0 Å². The summed E-state index contributed by atoms with van der Waals surface area (Å²) in [7, 11) is 0. The number of carbonyl (C=O) groups is 1. The van der Waals surface area contributed by atoms with Gasteiger partial charge in [-0.25, -0.2) is 0 Å². The van der Waals surface area contributed by atoms with Crippen LogP contribution in [0.3, 0.4) is 0 Å². The molecule has 0 radical (unpaired) electrons. The standard InChI is InChI=1S/C12H24N2O2/c1-11(2)13-6-5-9-16-10-12(15)14-7-3-4-8-14/h11,13H,3-10H2,1-2H3. The average molecular weight is 228 g/mol. The van der Waals surface area contributed by atoms with Crippen LogP contribution in [0.15, 0.2) is 0 Å². The normalized spacial score (nSPS) is 16.1. The van der Waals surface area contributed by atoms with Crippen LogP contribution >= 0.6 is 0 Å². The first-order valence-corrected chi connectivity index (χ1v) is 6.29. The van der Waals surface area contributed by atoms with Crippen LogP contribution in [0.4, 0.5) is 0 Å². The third kappa shape index (κ3) is 5.47. The van der Waals surface area contributed by atoms with E-state index >= 15 is 0 Å². The van der Waals surface area contributed by atoms with Crippen molar-refractivity contribution in [2.75, 3.05) is 32.8 Å². The molecule has 94 valence electrons. The molecule has 0 unspecified atom stereocenters. The summed E-state index contributed by atoms with van der Waals surface area (Å²) in [4.78, 5) is 13.5. The Balaban J connectivity index is 1.92. The number of nitrogens with zero attached hydrogens (tertiary/aromatic N) is 1. The molecule has 0 aromatic heterocycles. The van der Waals surface area contributed by atoms with Gasteiger partial charge in [-0.15, -0.1) is 0 Å². The van der Waals surface area contributed by atoms with Gasteiger partial charge in [0.1, 0.15) is 6.61 Å². The van der Waals surface area contributed by atoms with Crippen molar-refractivity contribution in [3.63, 3.8) is 0 Å². The van der Waals surface area contributed by atoms with Gasteiger partial charge >= 0.3 is 0 Å². The highest BCUT2D eigenvalue weighted by Gasteiger charge is 2.17. The van der Waals surface area contributed by atoms with E-state index in [-0.39, 0.29) is 12.5 Å². The topological polar surface area (TPSA) is 41.6 Å². The van der Waals surface area contributed by atoms with E-state index in [0.29, 0.717) is 12.6 Å². The van der Waals surface area contributed by atoms with Gasteiger partial charge in [0, 0.05) is 25.7 Å². The maximum Gasteiger partial charge on any atom is 0.248 e. The summed E-state index contributed by atoms with van der Waals surface area (Å²) in [6.07, 6.45) is 3.25. The molecule has 1 saturated heterocycles. The molecule has 0 aliphatic carbocycles. The second-order valence-electron chi connectivity index (χ2n) is 4.60. The van der Waals surface area contributed by atoms with Crippen molar-refractivity contribution in [1.82, 2.24) is 10.2 Å². The lowest BCUT2D eigenvalue weighted by Gasteiger charge is -2.15. The Hall–Kier alpha value is -0.610. The lowest BCUT2D eigenvalue weighted by atomic mass is 10.3. The minimum Gasteiger partial charge on any atom is -0.372 e. The molecule has 1 amide bonds. The van der Waals surface area contributed by atoms with Gasteiger partial charge in [0.2, 0.25) is 5.91 Å². The molecule has 1 aliphatic rings. The first-order chi connectivity index (χ1) is 7.70. The van der Waals surface area contributed by atoms with Crippen molar-refractivity contribution < 1.29 is 9.53 Å². The minimum atomic E-state index is 0.148. The van der Waals surface area contributed by atoms with E-state index in [9.17, 15) is 4.79 Å². The predicted octanol–water partition coefficient (Wildman–Crippen LogP) is 1.01. The van der Waals surface area contributed by atoms with E-state index in [1.807, 2.05) is 4.90 Å². The van der Waals surface area contributed by atoms with E-state index in [0.717, 1.165) is 38.9 Å². The van der Waals surface area contributed by atoms with E-state index in [1.165, 1.54) is 0 Å². The number of ether oxygens (including phenoxy) is 1. The first kappa shape index (κ1) is 13.5. The number of nitrogens with one attached hydrogen (secondary N) is 1. The molecule has 0 aromatic carbocycles. The highest BCUT2D eigenvalue weighted by atomic mass is 16.5. The van der Waals surface area contributed by atoms with Crippen LogP contribution in [0.5, 0.6) is 0 Å². The van der Waals surface area contributed by atoms with Crippen molar-refractivity contribution in [2.24, 2.45) is 0 Å². The zero-order chi connectivity index (χ0) is 11.8. The maximum absolute atomic E-state index is 11.6. The Morgan fingerprint density at radius 2 is 2.06 bits per heavy atom. The Labute approximate surface area is 98.3 Å². The number of hydrogen-bond acceptors (Lipinski definition) is 3. The lowest BCUT2D eigenvalue weighted by Crippen LogP contribution is -2.31. The summed E-state index contributed by atoms with van der Waals surface area (Å²) in [6.45, 7) is 7.94. The van der Waals surface area contributed by atoms with E-state index < -0.39 is 0 Å². The molecule has 4 heteroatoms. The summed E-state index contributed by atoms with van der Waals surface area (Å²) in [6, 6.07) is 0.520. The monoisotopic (exact) mass is 228 g/mol. The Kier molecular flexibility index (Phi) is 6.42. The smallest absolute Gasteiger partial charge is 0.248 e. The quantitative estimate of drug-likeness (QED) is 0.661. The molecule has 1 rings (SSSR count). The Morgan fingerprint density at radius 3 is 2.69 bits per heavy atom. The zero-order valence-electron chi connectivity index (χ0n) is 10.5. The molecule has 1 heterocycles. The molecule has 0 spiro atoms. The van der Waals surface area contributed by atoms with Gasteiger partial charge in [0.15, 0.2) is 0 Å². The molecular weight excluding hydrogens is 204 g/mol. The molecule has 1 aliphatic heterocycles. The average Bonchev–Trinajstić information content (AvgIpc) is 2.75. The molecule has 4 nitrogen and oxygen atoms in total. The number of likely N-dealkylation sites (tertiary alicyclic amines) is 1. The van der Waals surface area contributed by atoms with Crippen LogP contribution in [0.1, 0.15) is 33.1 Å². The third-order valence-electron chi connectivity index (χ3n) is 2.70. The summed E-state index contributed by atoms with van der Waals surface area (Å²) < 4.78 is 5.36. The van der Waals surface area contributed by atoms with Crippen LogP contribution in [0.25, 0.3) is 0 Å². The molecule has 0 bridgehead atoms. The second-order valence-corrected chi connectivity index (χ2v) is 4.60.